The van der Waals surface area contributed by atoms with Crippen LogP contribution in [0.1, 0.15) is 51.9 Å². The van der Waals surface area contributed by atoms with E-state index in [9.17, 15) is 9.59 Å². The molecule has 4 nitrogen and oxygen atoms in total. The fourth-order valence-electron chi connectivity index (χ4n) is 5.59. The Morgan fingerprint density at radius 2 is 1.86 bits per heavy atom. The lowest BCUT2D eigenvalue weighted by molar-refractivity contribution is -0.182. The highest BCUT2D eigenvalue weighted by molar-refractivity contribution is 5.86. The summed E-state index contributed by atoms with van der Waals surface area (Å²) in [7, 11) is 1.46. The highest BCUT2D eigenvalue weighted by atomic mass is 16.5. The molecule has 0 heterocycles. The van der Waals surface area contributed by atoms with Crippen LogP contribution in [-0.2, 0) is 14.3 Å². The van der Waals surface area contributed by atoms with E-state index in [4.69, 9.17) is 11.2 Å². The molecular weight excluding hydrogens is 278 g/mol. The van der Waals surface area contributed by atoms with Gasteiger partial charge >= 0.3 is 5.97 Å². The summed E-state index contributed by atoms with van der Waals surface area (Å²) >= 11 is 0. The third-order valence-corrected chi connectivity index (χ3v) is 5.96. The third kappa shape index (κ3) is 2.31. The molecule has 1 amide bonds. The van der Waals surface area contributed by atoms with Crippen LogP contribution in [0.2, 0.25) is 0 Å². The van der Waals surface area contributed by atoms with Crippen LogP contribution < -0.4 is 5.32 Å². The summed E-state index contributed by atoms with van der Waals surface area (Å²) in [6.07, 6.45) is 11.3. The molecule has 4 aliphatic rings. The molecule has 0 radical (unpaired) electrons. The lowest BCUT2D eigenvalue weighted by Crippen LogP contribution is -2.60. The van der Waals surface area contributed by atoms with Gasteiger partial charge in [0.2, 0.25) is 5.91 Å². The summed E-state index contributed by atoms with van der Waals surface area (Å²) in [5, 5.41) is 3.08. The number of terminal acetylenes is 1. The van der Waals surface area contributed by atoms with Gasteiger partial charge in [-0.1, -0.05) is 0 Å². The van der Waals surface area contributed by atoms with E-state index in [-0.39, 0.29) is 23.3 Å². The fraction of sp³-hybridized carbons (Fsp3) is 0.778. The molecule has 0 saturated heterocycles. The second kappa shape index (κ2) is 5.30. The fourth-order valence-corrected chi connectivity index (χ4v) is 5.59. The van der Waals surface area contributed by atoms with Crippen molar-refractivity contribution in [1.29, 1.82) is 0 Å². The van der Waals surface area contributed by atoms with Crippen LogP contribution in [0.25, 0.3) is 0 Å². The first-order chi connectivity index (χ1) is 10.4. The summed E-state index contributed by atoms with van der Waals surface area (Å²) in [5.74, 6) is 3.53. The van der Waals surface area contributed by atoms with Crippen molar-refractivity contribution < 1.29 is 14.3 Å². The molecule has 0 aromatic heterocycles. The van der Waals surface area contributed by atoms with E-state index < -0.39 is 5.41 Å². The summed E-state index contributed by atoms with van der Waals surface area (Å²) in [5.41, 5.74) is -0.813. The molecule has 0 aromatic rings. The lowest BCUT2D eigenvalue weighted by atomic mass is 9.44. The van der Waals surface area contributed by atoms with Gasteiger partial charge < -0.3 is 10.1 Å². The standard InChI is InChI=1S/C18H25NO3/c1-4-5-12(2)19-15(20)17-7-13-6-14(8-17)10-18(9-13,11-17)16(21)22-3/h1,12-14H,5-11H2,2-3H3,(H,19,20). The first-order valence-electron chi connectivity index (χ1n) is 8.26. The first kappa shape index (κ1) is 15.4. The molecule has 4 heteroatoms. The summed E-state index contributed by atoms with van der Waals surface area (Å²) in [4.78, 5) is 25.3. The van der Waals surface area contributed by atoms with Gasteiger partial charge in [0.05, 0.1) is 17.9 Å². The Kier molecular flexibility index (Phi) is 3.71. The molecule has 120 valence electrons. The van der Waals surface area contributed by atoms with E-state index in [0.29, 0.717) is 24.7 Å². The van der Waals surface area contributed by atoms with Crippen molar-refractivity contribution in [3.8, 4) is 12.3 Å². The number of hydrogen-bond acceptors (Lipinski definition) is 3. The van der Waals surface area contributed by atoms with Gasteiger partial charge in [0.25, 0.3) is 0 Å². The molecular formula is C18H25NO3. The molecule has 4 saturated carbocycles. The maximum Gasteiger partial charge on any atom is 0.311 e. The molecule has 0 spiro atoms. The van der Waals surface area contributed by atoms with Gasteiger partial charge in [0.15, 0.2) is 0 Å². The highest BCUT2D eigenvalue weighted by Gasteiger charge is 2.63. The number of amides is 1. The number of esters is 1. The monoisotopic (exact) mass is 303 g/mol. The Morgan fingerprint density at radius 1 is 1.27 bits per heavy atom. The van der Waals surface area contributed by atoms with Crippen molar-refractivity contribution in [2.24, 2.45) is 22.7 Å². The van der Waals surface area contributed by atoms with Gasteiger partial charge in [-0.05, 0) is 57.3 Å². The van der Waals surface area contributed by atoms with Crippen LogP contribution in [0, 0.1) is 35.0 Å². The SMILES string of the molecule is C#CCC(C)NC(=O)C12CC3CC(C1)CC(C(=O)OC)(C3)C2. The molecule has 4 fully saturated rings. The number of carbonyl (C=O) groups is 2. The molecule has 0 aromatic carbocycles. The summed E-state index contributed by atoms with van der Waals surface area (Å²) in [6.45, 7) is 1.94. The van der Waals surface area contributed by atoms with Gasteiger partial charge in [0.1, 0.15) is 0 Å². The van der Waals surface area contributed by atoms with Gasteiger partial charge in [-0.3, -0.25) is 9.59 Å². The zero-order valence-electron chi connectivity index (χ0n) is 13.5. The maximum atomic E-state index is 12.9. The Hall–Kier alpha value is -1.50. The predicted octanol–water partition coefficient (Wildman–Crippen LogP) is 2.27. The van der Waals surface area contributed by atoms with Crippen LogP contribution in [0.3, 0.4) is 0 Å². The largest absolute Gasteiger partial charge is 0.469 e. The summed E-state index contributed by atoms with van der Waals surface area (Å²) < 4.78 is 5.08. The number of methoxy groups -OCH3 is 1. The van der Waals surface area contributed by atoms with E-state index in [1.807, 2.05) is 6.92 Å². The van der Waals surface area contributed by atoms with Crippen LogP contribution >= 0.6 is 0 Å². The second-order valence-electron chi connectivity index (χ2n) is 7.80. The minimum atomic E-state index is -0.425. The Morgan fingerprint density at radius 3 is 2.41 bits per heavy atom. The zero-order chi connectivity index (χ0) is 16.0. The van der Waals surface area contributed by atoms with E-state index in [1.54, 1.807) is 0 Å². The molecule has 3 unspecified atom stereocenters. The predicted molar refractivity (Wildman–Crippen MR) is 82.6 cm³/mol. The van der Waals surface area contributed by atoms with Gasteiger partial charge in [-0.15, -0.1) is 12.3 Å². The van der Waals surface area contributed by atoms with Crippen molar-refractivity contribution in [1.82, 2.24) is 5.32 Å². The normalized spacial score (nSPS) is 39.9. The molecule has 3 atom stereocenters. The molecule has 0 aliphatic heterocycles. The molecule has 4 rings (SSSR count). The van der Waals surface area contributed by atoms with Crippen LogP contribution in [0.5, 0.6) is 0 Å². The van der Waals surface area contributed by atoms with Gasteiger partial charge in [-0.25, -0.2) is 0 Å². The van der Waals surface area contributed by atoms with Crippen molar-refractivity contribution in [3.63, 3.8) is 0 Å². The Balaban J connectivity index is 1.83. The van der Waals surface area contributed by atoms with Crippen molar-refractivity contribution >= 4 is 11.9 Å². The quantitative estimate of drug-likeness (QED) is 0.640. The lowest BCUT2D eigenvalue weighted by Gasteiger charge is -2.59. The molecule has 1 N–H and O–H groups in total. The maximum absolute atomic E-state index is 12.9. The number of nitrogens with one attached hydrogen (secondary N) is 1. The molecule has 4 bridgehead atoms. The molecule has 22 heavy (non-hydrogen) atoms. The van der Waals surface area contributed by atoms with Crippen LogP contribution in [-0.4, -0.2) is 25.0 Å². The smallest absolute Gasteiger partial charge is 0.311 e. The number of carbonyl (C=O) groups excluding carboxylic acids is 2. The van der Waals surface area contributed by atoms with E-state index >= 15 is 0 Å². The zero-order valence-corrected chi connectivity index (χ0v) is 13.5. The van der Waals surface area contributed by atoms with Crippen LogP contribution in [0.15, 0.2) is 0 Å². The first-order valence-corrected chi connectivity index (χ1v) is 8.26. The van der Waals surface area contributed by atoms with Gasteiger partial charge in [-0.2, -0.15) is 0 Å². The van der Waals surface area contributed by atoms with E-state index in [2.05, 4.69) is 11.2 Å². The number of hydrogen-bond donors (Lipinski definition) is 1. The van der Waals surface area contributed by atoms with Crippen LogP contribution in [0.4, 0.5) is 0 Å². The van der Waals surface area contributed by atoms with Crippen molar-refractivity contribution in [2.75, 3.05) is 7.11 Å². The summed E-state index contributed by atoms with van der Waals surface area (Å²) in [6, 6.07) is -0.0143. The third-order valence-electron chi connectivity index (χ3n) is 5.96. The number of rotatable bonds is 4. The van der Waals surface area contributed by atoms with Crippen molar-refractivity contribution in [2.45, 2.75) is 57.9 Å². The highest BCUT2D eigenvalue weighted by Crippen LogP contribution is 2.65. The van der Waals surface area contributed by atoms with Gasteiger partial charge in [0, 0.05) is 12.5 Å². The van der Waals surface area contributed by atoms with E-state index in [1.165, 1.54) is 7.11 Å². The topological polar surface area (TPSA) is 55.4 Å². The number of ether oxygens (including phenoxy) is 1. The van der Waals surface area contributed by atoms with E-state index in [0.717, 1.165) is 32.1 Å². The minimum absolute atomic E-state index is 0.0143. The molecule has 4 aliphatic carbocycles. The average molecular weight is 303 g/mol. The Labute approximate surface area is 132 Å². The average Bonchev–Trinajstić information content (AvgIpc) is 2.45. The Bertz CT molecular complexity index is 519. The van der Waals surface area contributed by atoms with Crippen molar-refractivity contribution in [3.05, 3.63) is 0 Å². The second-order valence-corrected chi connectivity index (χ2v) is 7.80. The minimum Gasteiger partial charge on any atom is -0.469 e.